The Balaban J connectivity index is 1.83. The molecule has 2 N–H and O–H groups in total. The second kappa shape index (κ2) is 4.97. The zero-order chi connectivity index (χ0) is 13.2. The van der Waals surface area contributed by atoms with E-state index in [2.05, 4.69) is 43.4 Å². The van der Waals surface area contributed by atoms with Crippen molar-refractivity contribution in [3.63, 3.8) is 0 Å². The average molecular weight is 258 g/mol. The number of hydrogen-bond donors (Lipinski definition) is 2. The van der Waals surface area contributed by atoms with E-state index < -0.39 is 0 Å². The molecular formula is C13H18N6. The van der Waals surface area contributed by atoms with Crippen molar-refractivity contribution in [2.45, 2.75) is 19.9 Å². The fourth-order valence-corrected chi connectivity index (χ4v) is 2.32. The van der Waals surface area contributed by atoms with Crippen molar-refractivity contribution in [2.75, 3.05) is 24.5 Å². The Labute approximate surface area is 112 Å². The van der Waals surface area contributed by atoms with Gasteiger partial charge in [-0.1, -0.05) is 0 Å². The van der Waals surface area contributed by atoms with E-state index in [9.17, 15) is 0 Å². The van der Waals surface area contributed by atoms with Gasteiger partial charge >= 0.3 is 0 Å². The van der Waals surface area contributed by atoms with Crippen LogP contribution in [0.4, 0.5) is 5.95 Å². The highest BCUT2D eigenvalue weighted by atomic mass is 15.4. The average Bonchev–Trinajstić information content (AvgIpc) is 2.88. The third-order valence-corrected chi connectivity index (χ3v) is 3.27. The van der Waals surface area contributed by atoms with Crippen LogP contribution in [0.25, 0.3) is 11.4 Å². The number of nitrogens with zero attached hydrogens (tertiary/aromatic N) is 4. The summed E-state index contributed by atoms with van der Waals surface area (Å²) >= 11 is 0. The number of nitrogens with one attached hydrogen (secondary N) is 2. The molecule has 19 heavy (non-hydrogen) atoms. The quantitative estimate of drug-likeness (QED) is 0.840. The second-order valence-corrected chi connectivity index (χ2v) is 5.04. The van der Waals surface area contributed by atoms with E-state index >= 15 is 0 Å². The third kappa shape index (κ3) is 2.58. The summed E-state index contributed by atoms with van der Waals surface area (Å²) in [7, 11) is 0. The molecule has 3 rings (SSSR count). The monoisotopic (exact) mass is 258 g/mol. The number of anilines is 1. The lowest BCUT2D eigenvalue weighted by atomic mass is 10.2. The number of pyridine rings is 1. The van der Waals surface area contributed by atoms with Gasteiger partial charge in [0.25, 0.3) is 0 Å². The van der Waals surface area contributed by atoms with Gasteiger partial charge in [0.1, 0.15) is 0 Å². The zero-order valence-corrected chi connectivity index (χ0v) is 11.2. The van der Waals surface area contributed by atoms with Crippen LogP contribution in [-0.4, -0.2) is 45.8 Å². The maximum absolute atomic E-state index is 4.57. The Morgan fingerprint density at radius 3 is 3.05 bits per heavy atom. The van der Waals surface area contributed by atoms with Crippen LogP contribution in [-0.2, 0) is 0 Å². The molecule has 2 aromatic heterocycles. The minimum atomic E-state index is 0.469. The highest BCUT2D eigenvalue weighted by Crippen LogP contribution is 2.18. The molecule has 0 aliphatic carbocycles. The summed E-state index contributed by atoms with van der Waals surface area (Å²) in [5, 5.41) is 10.7. The fourth-order valence-electron chi connectivity index (χ4n) is 2.32. The molecule has 1 saturated heterocycles. The van der Waals surface area contributed by atoms with Gasteiger partial charge in [0, 0.05) is 43.6 Å². The first-order chi connectivity index (χ1) is 9.22. The topological polar surface area (TPSA) is 69.7 Å². The molecule has 0 unspecified atom stereocenters. The van der Waals surface area contributed by atoms with Gasteiger partial charge in [-0.25, -0.2) is 0 Å². The number of hydrogen-bond acceptors (Lipinski definition) is 5. The van der Waals surface area contributed by atoms with Crippen molar-refractivity contribution in [1.29, 1.82) is 0 Å². The van der Waals surface area contributed by atoms with Crippen LogP contribution in [0.1, 0.15) is 12.5 Å². The van der Waals surface area contributed by atoms with E-state index in [0.29, 0.717) is 6.04 Å². The number of aromatic nitrogens is 4. The van der Waals surface area contributed by atoms with Crippen molar-refractivity contribution < 1.29 is 0 Å². The Kier molecular flexibility index (Phi) is 3.16. The molecule has 1 aliphatic rings. The molecule has 0 bridgehead atoms. The molecule has 0 aromatic carbocycles. The Bertz CT molecular complexity index is 564. The Hall–Kier alpha value is -1.95. The SMILES string of the molecule is Cc1cncc(-c2nc(N3CCN[C@H](C)C3)n[nH]2)c1. The molecule has 100 valence electrons. The summed E-state index contributed by atoms with van der Waals surface area (Å²) in [5.41, 5.74) is 2.09. The van der Waals surface area contributed by atoms with Crippen LogP contribution in [0.15, 0.2) is 18.5 Å². The van der Waals surface area contributed by atoms with Crippen LogP contribution >= 0.6 is 0 Å². The van der Waals surface area contributed by atoms with E-state index in [1.807, 2.05) is 13.1 Å². The van der Waals surface area contributed by atoms with Crippen molar-refractivity contribution in [2.24, 2.45) is 0 Å². The van der Waals surface area contributed by atoms with Gasteiger partial charge < -0.3 is 10.2 Å². The number of H-pyrrole nitrogens is 1. The van der Waals surface area contributed by atoms with Gasteiger partial charge in [0.15, 0.2) is 5.82 Å². The van der Waals surface area contributed by atoms with E-state index in [-0.39, 0.29) is 0 Å². The molecule has 2 aromatic rings. The fraction of sp³-hybridized carbons (Fsp3) is 0.462. The highest BCUT2D eigenvalue weighted by Gasteiger charge is 2.19. The standard InChI is InChI=1S/C13H18N6/c1-9-5-11(7-14-6-9)12-16-13(18-17-12)19-4-3-15-10(2)8-19/h5-7,10,15H,3-4,8H2,1-2H3,(H,16,17,18)/t10-/m1/s1. The number of piperazine rings is 1. The molecule has 0 radical (unpaired) electrons. The van der Waals surface area contributed by atoms with Gasteiger partial charge in [0.2, 0.25) is 5.95 Å². The van der Waals surface area contributed by atoms with Gasteiger partial charge in [0.05, 0.1) is 0 Å². The summed E-state index contributed by atoms with van der Waals surface area (Å²) in [4.78, 5) is 11.0. The predicted octanol–water partition coefficient (Wildman–Crippen LogP) is 0.973. The van der Waals surface area contributed by atoms with Crippen LogP contribution in [0.3, 0.4) is 0 Å². The van der Waals surface area contributed by atoms with Crippen molar-refractivity contribution in [3.8, 4) is 11.4 Å². The molecule has 6 heteroatoms. The van der Waals surface area contributed by atoms with Gasteiger partial charge in [-0.3, -0.25) is 10.1 Å². The molecular weight excluding hydrogens is 240 g/mol. The summed E-state index contributed by atoms with van der Waals surface area (Å²) < 4.78 is 0. The first-order valence-corrected chi connectivity index (χ1v) is 6.55. The number of rotatable bonds is 2. The van der Waals surface area contributed by atoms with E-state index in [1.54, 1.807) is 6.20 Å². The summed E-state index contributed by atoms with van der Waals surface area (Å²) in [5.74, 6) is 1.54. The lowest BCUT2D eigenvalue weighted by molar-refractivity contribution is 0.480. The van der Waals surface area contributed by atoms with Crippen molar-refractivity contribution in [1.82, 2.24) is 25.5 Å². The van der Waals surface area contributed by atoms with Gasteiger partial charge in [-0.2, -0.15) is 4.98 Å². The van der Waals surface area contributed by atoms with Gasteiger partial charge in [-0.15, -0.1) is 5.10 Å². The highest BCUT2D eigenvalue weighted by molar-refractivity contribution is 5.55. The number of aromatic amines is 1. The maximum atomic E-state index is 4.57. The maximum Gasteiger partial charge on any atom is 0.245 e. The first kappa shape index (κ1) is 12.1. The molecule has 0 saturated carbocycles. The minimum Gasteiger partial charge on any atom is -0.337 e. The largest absolute Gasteiger partial charge is 0.337 e. The van der Waals surface area contributed by atoms with E-state index in [0.717, 1.165) is 42.5 Å². The van der Waals surface area contributed by atoms with Crippen LogP contribution in [0, 0.1) is 6.92 Å². The molecule has 1 fully saturated rings. The normalized spacial score (nSPS) is 19.7. The summed E-state index contributed by atoms with van der Waals surface area (Å²) in [6, 6.07) is 2.52. The third-order valence-electron chi connectivity index (χ3n) is 3.27. The number of aryl methyl sites for hydroxylation is 1. The molecule has 0 amide bonds. The molecule has 3 heterocycles. The minimum absolute atomic E-state index is 0.469. The van der Waals surface area contributed by atoms with Crippen LogP contribution in [0.2, 0.25) is 0 Å². The predicted molar refractivity (Wildman–Crippen MR) is 74.0 cm³/mol. The summed E-state index contributed by atoms with van der Waals surface area (Å²) in [6.07, 6.45) is 3.64. The lowest BCUT2D eigenvalue weighted by Gasteiger charge is -2.30. The molecule has 1 atom stereocenters. The molecule has 0 spiro atoms. The van der Waals surface area contributed by atoms with Crippen molar-refractivity contribution in [3.05, 3.63) is 24.0 Å². The smallest absolute Gasteiger partial charge is 0.245 e. The van der Waals surface area contributed by atoms with Crippen molar-refractivity contribution >= 4 is 5.95 Å². The Morgan fingerprint density at radius 1 is 1.37 bits per heavy atom. The van der Waals surface area contributed by atoms with Crippen LogP contribution < -0.4 is 10.2 Å². The summed E-state index contributed by atoms with van der Waals surface area (Å²) in [6.45, 7) is 7.03. The van der Waals surface area contributed by atoms with Gasteiger partial charge in [-0.05, 0) is 25.5 Å². The Morgan fingerprint density at radius 2 is 2.26 bits per heavy atom. The second-order valence-electron chi connectivity index (χ2n) is 5.04. The lowest BCUT2D eigenvalue weighted by Crippen LogP contribution is -2.49. The molecule has 6 nitrogen and oxygen atoms in total. The first-order valence-electron chi connectivity index (χ1n) is 6.55. The zero-order valence-electron chi connectivity index (χ0n) is 11.2. The van der Waals surface area contributed by atoms with E-state index in [1.165, 1.54) is 0 Å². The molecule has 1 aliphatic heterocycles. The van der Waals surface area contributed by atoms with Crippen LogP contribution in [0.5, 0.6) is 0 Å². The van der Waals surface area contributed by atoms with E-state index in [4.69, 9.17) is 0 Å².